The Morgan fingerprint density at radius 2 is 2.28 bits per heavy atom. The molecule has 1 aliphatic heterocycles. The summed E-state index contributed by atoms with van der Waals surface area (Å²) in [6.07, 6.45) is 2.48. The third-order valence-electron chi connectivity index (χ3n) is 3.38. The van der Waals surface area contributed by atoms with Crippen LogP contribution in [0.25, 0.3) is 0 Å². The van der Waals surface area contributed by atoms with Crippen LogP contribution in [0, 0.1) is 0 Å². The number of aromatic hydroxyl groups is 1. The highest BCUT2D eigenvalue weighted by atomic mass is 16.3. The molecule has 1 amide bonds. The highest BCUT2D eigenvalue weighted by Gasteiger charge is 2.29. The molecule has 0 radical (unpaired) electrons. The Morgan fingerprint density at radius 1 is 1.50 bits per heavy atom. The smallest absolute Gasteiger partial charge is 0.254 e. The maximum absolute atomic E-state index is 12.3. The Bertz CT molecular complexity index is 448. The number of carbonyl (C=O) groups excluding carboxylic acids is 1. The van der Waals surface area contributed by atoms with Crippen molar-refractivity contribution in [3.63, 3.8) is 0 Å². The molecule has 0 aromatic heterocycles. The monoisotopic (exact) mass is 250 g/mol. The fourth-order valence-corrected chi connectivity index (χ4v) is 2.39. The second-order valence-corrected chi connectivity index (χ2v) is 4.58. The maximum atomic E-state index is 12.3. The molecule has 98 valence electrons. The van der Waals surface area contributed by atoms with Gasteiger partial charge in [0.25, 0.3) is 5.91 Å². The zero-order chi connectivity index (χ0) is 13.1. The molecule has 1 aliphatic rings. The van der Waals surface area contributed by atoms with Gasteiger partial charge in [-0.1, -0.05) is 0 Å². The van der Waals surface area contributed by atoms with E-state index in [0.29, 0.717) is 18.5 Å². The first-order valence-electron chi connectivity index (χ1n) is 6.14. The highest BCUT2D eigenvalue weighted by molar-refractivity contribution is 5.95. The van der Waals surface area contributed by atoms with Crippen molar-refractivity contribution in [2.24, 2.45) is 0 Å². The number of nitrogen functional groups attached to an aromatic ring is 1. The van der Waals surface area contributed by atoms with Gasteiger partial charge >= 0.3 is 0 Å². The topological polar surface area (TPSA) is 86.8 Å². The summed E-state index contributed by atoms with van der Waals surface area (Å²) in [7, 11) is 0. The highest BCUT2D eigenvalue weighted by Crippen LogP contribution is 2.25. The first-order chi connectivity index (χ1) is 8.63. The average molecular weight is 250 g/mol. The largest absolute Gasteiger partial charge is 0.506 e. The van der Waals surface area contributed by atoms with E-state index in [1.165, 1.54) is 12.1 Å². The number of hydrogen-bond acceptors (Lipinski definition) is 4. The SMILES string of the molecule is Nc1ccc(C(=O)N2CCCC2CCO)cc1O. The fraction of sp³-hybridized carbons (Fsp3) is 0.462. The molecule has 1 heterocycles. The van der Waals surface area contributed by atoms with Crippen LogP contribution >= 0.6 is 0 Å². The molecule has 1 saturated heterocycles. The Labute approximate surface area is 106 Å². The summed E-state index contributed by atoms with van der Waals surface area (Å²) in [6, 6.07) is 4.64. The molecule has 1 unspecified atom stereocenters. The fourth-order valence-electron chi connectivity index (χ4n) is 2.39. The zero-order valence-electron chi connectivity index (χ0n) is 10.2. The van der Waals surface area contributed by atoms with E-state index in [1.54, 1.807) is 11.0 Å². The standard InChI is InChI=1S/C13H18N2O3/c14-11-4-3-9(8-12(11)17)13(18)15-6-1-2-10(15)5-7-16/h3-4,8,10,16-17H,1-2,5-7,14H2. The summed E-state index contributed by atoms with van der Waals surface area (Å²) in [6.45, 7) is 0.788. The van der Waals surface area contributed by atoms with Gasteiger partial charge in [0.1, 0.15) is 5.75 Å². The number of phenolic OH excluding ortho intramolecular Hbond substituents is 1. The minimum absolute atomic E-state index is 0.0706. The summed E-state index contributed by atoms with van der Waals surface area (Å²) in [5, 5.41) is 18.5. The molecular formula is C13H18N2O3. The number of aliphatic hydroxyl groups excluding tert-OH is 1. The average Bonchev–Trinajstić information content (AvgIpc) is 2.80. The summed E-state index contributed by atoms with van der Waals surface area (Å²) >= 11 is 0. The van der Waals surface area contributed by atoms with Crippen molar-refractivity contribution in [3.05, 3.63) is 23.8 Å². The Kier molecular flexibility index (Phi) is 3.72. The van der Waals surface area contributed by atoms with Gasteiger partial charge in [0.2, 0.25) is 0 Å². The van der Waals surface area contributed by atoms with Gasteiger partial charge in [-0.3, -0.25) is 4.79 Å². The van der Waals surface area contributed by atoms with Crippen LogP contribution in [-0.2, 0) is 0 Å². The van der Waals surface area contributed by atoms with Gasteiger partial charge in [0.05, 0.1) is 5.69 Å². The summed E-state index contributed by atoms with van der Waals surface area (Å²) < 4.78 is 0. The van der Waals surface area contributed by atoms with Gasteiger partial charge in [0, 0.05) is 24.8 Å². The molecule has 0 aliphatic carbocycles. The van der Waals surface area contributed by atoms with Gasteiger partial charge in [-0.2, -0.15) is 0 Å². The molecule has 1 aromatic rings. The van der Waals surface area contributed by atoms with Crippen LogP contribution in [-0.4, -0.2) is 40.2 Å². The van der Waals surface area contributed by atoms with Gasteiger partial charge in [-0.25, -0.2) is 0 Å². The molecule has 1 aromatic carbocycles. The first kappa shape index (κ1) is 12.7. The lowest BCUT2D eigenvalue weighted by atomic mass is 10.1. The van der Waals surface area contributed by atoms with Crippen LogP contribution in [0.3, 0.4) is 0 Å². The summed E-state index contributed by atoms with van der Waals surface area (Å²) in [5.74, 6) is -0.181. The van der Waals surface area contributed by atoms with Crippen molar-refractivity contribution in [2.45, 2.75) is 25.3 Å². The number of hydrogen-bond donors (Lipinski definition) is 3. The predicted octanol–water partition coefficient (Wildman–Crippen LogP) is 0.961. The Hall–Kier alpha value is -1.75. The summed E-state index contributed by atoms with van der Waals surface area (Å²) in [4.78, 5) is 14.1. The van der Waals surface area contributed by atoms with Crippen LogP contribution in [0.2, 0.25) is 0 Å². The lowest BCUT2D eigenvalue weighted by molar-refractivity contribution is 0.0716. The van der Waals surface area contributed by atoms with E-state index in [0.717, 1.165) is 12.8 Å². The number of likely N-dealkylation sites (tertiary alicyclic amines) is 1. The molecular weight excluding hydrogens is 232 g/mol. The van der Waals surface area contributed by atoms with Crippen LogP contribution in [0.5, 0.6) is 5.75 Å². The molecule has 1 fully saturated rings. The van der Waals surface area contributed by atoms with E-state index >= 15 is 0 Å². The number of nitrogens with two attached hydrogens (primary N) is 1. The number of benzene rings is 1. The first-order valence-corrected chi connectivity index (χ1v) is 6.14. The van der Waals surface area contributed by atoms with E-state index in [-0.39, 0.29) is 30.0 Å². The molecule has 0 saturated carbocycles. The third kappa shape index (κ3) is 2.41. The minimum Gasteiger partial charge on any atom is -0.506 e. The number of amides is 1. The minimum atomic E-state index is -0.110. The van der Waals surface area contributed by atoms with E-state index in [9.17, 15) is 9.90 Å². The van der Waals surface area contributed by atoms with Crippen LogP contribution in [0.15, 0.2) is 18.2 Å². The third-order valence-corrected chi connectivity index (χ3v) is 3.38. The molecule has 1 atom stereocenters. The van der Waals surface area contributed by atoms with E-state index in [2.05, 4.69) is 0 Å². The normalized spacial score (nSPS) is 19.2. The second-order valence-electron chi connectivity index (χ2n) is 4.58. The predicted molar refractivity (Wildman–Crippen MR) is 68.3 cm³/mol. The molecule has 2 rings (SSSR count). The molecule has 0 spiro atoms. The van der Waals surface area contributed by atoms with Crippen LogP contribution < -0.4 is 5.73 Å². The van der Waals surface area contributed by atoms with Crippen molar-refractivity contribution in [3.8, 4) is 5.75 Å². The number of anilines is 1. The van der Waals surface area contributed by atoms with E-state index < -0.39 is 0 Å². The zero-order valence-corrected chi connectivity index (χ0v) is 10.2. The van der Waals surface area contributed by atoms with E-state index in [4.69, 9.17) is 10.8 Å². The maximum Gasteiger partial charge on any atom is 0.254 e. The van der Waals surface area contributed by atoms with Gasteiger partial charge in [-0.15, -0.1) is 0 Å². The van der Waals surface area contributed by atoms with Crippen molar-refractivity contribution in [1.29, 1.82) is 0 Å². The molecule has 0 bridgehead atoms. The number of rotatable bonds is 3. The Balaban J connectivity index is 2.17. The van der Waals surface area contributed by atoms with Crippen LogP contribution in [0.1, 0.15) is 29.6 Å². The van der Waals surface area contributed by atoms with Crippen molar-refractivity contribution >= 4 is 11.6 Å². The van der Waals surface area contributed by atoms with E-state index in [1.807, 2.05) is 0 Å². The molecule has 18 heavy (non-hydrogen) atoms. The van der Waals surface area contributed by atoms with Crippen molar-refractivity contribution in [2.75, 3.05) is 18.9 Å². The lowest BCUT2D eigenvalue weighted by Crippen LogP contribution is -2.36. The van der Waals surface area contributed by atoms with Gasteiger partial charge in [0.15, 0.2) is 0 Å². The Morgan fingerprint density at radius 3 is 2.94 bits per heavy atom. The van der Waals surface area contributed by atoms with Crippen molar-refractivity contribution < 1.29 is 15.0 Å². The molecule has 4 N–H and O–H groups in total. The van der Waals surface area contributed by atoms with Crippen molar-refractivity contribution in [1.82, 2.24) is 4.90 Å². The van der Waals surface area contributed by atoms with Gasteiger partial charge in [-0.05, 0) is 37.5 Å². The number of phenols is 1. The quantitative estimate of drug-likeness (QED) is 0.551. The molecule has 5 nitrogen and oxygen atoms in total. The molecule has 5 heteroatoms. The number of aliphatic hydroxyl groups is 1. The number of nitrogens with zero attached hydrogens (tertiary/aromatic N) is 1. The lowest BCUT2D eigenvalue weighted by Gasteiger charge is -2.24. The van der Waals surface area contributed by atoms with Gasteiger partial charge < -0.3 is 20.8 Å². The number of carbonyl (C=O) groups is 1. The van der Waals surface area contributed by atoms with Crippen LogP contribution in [0.4, 0.5) is 5.69 Å². The second kappa shape index (κ2) is 5.27. The summed E-state index contributed by atoms with van der Waals surface area (Å²) in [5.41, 5.74) is 6.21.